The molecule has 4 aromatic rings. The van der Waals surface area contributed by atoms with Gasteiger partial charge in [-0.25, -0.2) is 0 Å². The van der Waals surface area contributed by atoms with Gasteiger partial charge in [-0.2, -0.15) is 13.2 Å². The number of aromatic nitrogens is 4. The lowest BCUT2D eigenvalue weighted by Crippen LogP contribution is -2.20. The van der Waals surface area contributed by atoms with Crippen LogP contribution in [-0.2, 0) is 18.0 Å². The number of benzene rings is 2. The predicted molar refractivity (Wildman–Crippen MR) is 119 cm³/mol. The SMILES string of the molecule is Cn1c(S[C@@H](C(=O)Nc2cccc(C(F)(F)F)c2)c2ccccc2)nnc1-c1ccncc1. The number of nitrogens with one attached hydrogen (secondary N) is 1. The smallest absolute Gasteiger partial charge is 0.325 e. The summed E-state index contributed by atoms with van der Waals surface area (Å²) in [5, 5.41) is 10.8. The molecule has 2 aromatic carbocycles. The maximum absolute atomic E-state index is 13.2. The highest BCUT2D eigenvalue weighted by atomic mass is 32.2. The summed E-state index contributed by atoms with van der Waals surface area (Å²) in [5.41, 5.74) is 0.725. The molecule has 4 rings (SSSR count). The monoisotopic (exact) mass is 469 g/mol. The highest BCUT2D eigenvalue weighted by Crippen LogP contribution is 2.37. The van der Waals surface area contributed by atoms with Crippen LogP contribution in [0, 0.1) is 0 Å². The number of pyridine rings is 1. The van der Waals surface area contributed by atoms with E-state index in [2.05, 4.69) is 20.5 Å². The highest BCUT2D eigenvalue weighted by molar-refractivity contribution is 8.00. The molecule has 0 aliphatic heterocycles. The van der Waals surface area contributed by atoms with Crippen LogP contribution < -0.4 is 5.32 Å². The molecule has 33 heavy (non-hydrogen) atoms. The Labute approximate surface area is 191 Å². The predicted octanol–water partition coefficient (Wildman–Crippen LogP) is 5.37. The molecule has 0 aliphatic rings. The minimum Gasteiger partial charge on any atom is -0.325 e. The van der Waals surface area contributed by atoms with Crippen LogP contribution in [0.25, 0.3) is 11.4 Å². The molecule has 1 N–H and O–H groups in total. The van der Waals surface area contributed by atoms with Gasteiger partial charge >= 0.3 is 6.18 Å². The summed E-state index contributed by atoms with van der Waals surface area (Å²) >= 11 is 1.16. The number of carbonyl (C=O) groups is 1. The number of thioether (sulfide) groups is 1. The fraction of sp³-hybridized carbons (Fsp3) is 0.130. The zero-order chi connectivity index (χ0) is 23.4. The van der Waals surface area contributed by atoms with Crippen LogP contribution in [0.5, 0.6) is 0 Å². The third-order valence-corrected chi connectivity index (χ3v) is 6.08. The number of hydrogen-bond acceptors (Lipinski definition) is 5. The Morgan fingerprint density at radius 1 is 1.00 bits per heavy atom. The van der Waals surface area contributed by atoms with Crippen molar-refractivity contribution >= 4 is 23.4 Å². The average molecular weight is 469 g/mol. The molecule has 2 aromatic heterocycles. The van der Waals surface area contributed by atoms with Crippen LogP contribution in [-0.4, -0.2) is 25.7 Å². The fourth-order valence-electron chi connectivity index (χ4n) is 3.16. The van der Waals surface area contributed by atoms with Gasteiger partial charge in [0.15, 0.2) is 11.0 Å². The number of carbonyl (C=O) groups excluding carboxylic acids is 1. The van der Waals surface area contributed by atoms with Crippen molar-refractivity contribution in [3.63, 3.8) is 0 Å². The van der Waals surface area contributed by atoms with E-state index in [1.54, 1.807) is 60.4 Å². The molecule has 0 bridgehead atoms. The number of halogens is 3. The van der Waals surface area contributed by atoms with Crippen molar-refractivity contribution in [1.82, 2.24) is 19.7 Å². The number of alkyl halides is 3. The minimum absolute atomic E-state index is 0.0618. The van der Waals surface area contributed by atoms with Gasteiger partial charge < -0.3 is 9.88 Å². The van der Waals surface area contributed by atoms with Gasteiger partial charge in [0.25, 0.3) is 0 Å². The third-order valence-electron chi connectivity index (χ3n) is 4.79. The van der Waals surface area contributed by atoms with Gasteiger partial charge in [0.05, 0.1) is 5.56 Å². The van der Waals surface area contributed by atoms with Crippen LogP contribution in [0.15, 0.2) is 84.3 Å². The summed E-state index contributed by atoms with van der Waals surface area (Å²) in [5.74, 6) is 0.129. The van der Waals surface area contributed by atoms with E-state index >= 15 is 0 Å². The molecule has 0 saturated carbocycles. The van der Waals surface area contributed by atoms with Gasteiger partial charge in [0, 0.05) is 30.7 Å². The molecule has 0 aliphatic carbocycles. The van der Waals surface area contributed by atoms with E-state index in [9.17, 15) is 18.0 Å². The molecule has 10 heteroatoms. The number of amides is 1. The Kier molecular flexibility index (Phi) is 6.45. The second kappa shape index (κ2) is 9.45. The quantitative estimate of drug-likeness (QED) is 0.385. The van der Waals surface area contributed by atoms with Gasteiger partial charge in [-0.05, 0) is 35.9 Å². The zero-order valence-corrected chi connectivity index (χ0v) is 18.1. The standard InChI is InChI=1S/C23H18F3N5OS/c1-31-20(16-10-12-27-13-11-16)29-30-22(31)33-19(15-6-3-2-4-7-15)21(32)28-18-9-5-8-17(14-18)23(24,25)26/h2-14,19H,1H3,(H,28,32)/t19-/m1/s1. The lowest BCUT2D eigenvalue weighted by atomic mass is 10.1. The fourth-order valence-corrected chi connectivity index (χ4v) is 4.16. The summed E-state index contributed by atoms with van der Waals surface area (Å²) in [6.45, 7) is 0. The van der Waals surface area contributed by atoms with Crippen molar-refractivity contribution in [3.05, 3.63) is 90.3 Å². The Bertz CT molecular complexity index is 1250. The Morgan fingerprint density at radius 2 is 1.73 bits per heavy atom. The van der Waals surface area contributed by atoms with Crippen molar-refractivity contribution in [2.45, 2.75) is 16.6 Å². The molecule has 2 heterocycles. The minimum atomic E-state index is -4.50. The first-order chi connectivity index (χ1) is 15.8. The summed E-state index contributed by atoms with van der Waals surface area (Å²) in [4.78, 5) is 17.2. The van der Waals surface area contributed by atoms with Crippen molar-refractivity contribution in [3.8, 4) is 11.4 Å². The first-order valence-electron chi connectivity index (χ1n) is 9.82. The van der Waals surface area contributed by atoms with E-state index in [1.165, 1.54) is 12.1 Å². The summed E-state index contributed by atoms with van der Waals surface area (Å²) < 4.78 is 41.0. The first kappa shape index (κ1) is 22.5. The van der Waals surface area contributed by atoms with Crippen LogP contribution in [0.2, 0.25) is 0 Å². The summed E-state index contributed by atoms with van der Waals surface area (Å²) in [7, 11) is 1.78. The second-order valence-corrected chi connectivity index (χ2v) is 8.15. The number of hydrogen-bond donors (Lipinski definition) is 1. The van der Waals surface area contributed by atoms with Crippen LogP contribution in [0.1, 0.15) is 16.4 Å². The van der Waals surface area contributed by atoms with Crippen molar-refractivity contribution < 1.29 is 18.0 Å². The molecule has 0 saturated heterocycles. The van der Waals surface area contributed by atoms with Crippen molar-refractivity contribution in [1.29, 1.82) is 0 Å². The van der Waals surface area contributed by atoms with Gasteiger partial charge in [-0.1, -0.05) is 48.2 Å². The second-order valence-electron chi connectivity index (χ2n) is 7.08. The first-order valence-corrected chi connectivity index (χ1v) is 10.7. The number of anilines is 1. The lowest BCUT2D eigenvalue weighted by Gasteiger charge is -2.17. The molecular weight excluding hydrogens is 451 g/mol. The van der Waals surface area contributed by atoms with E-state index in [0.29, 0.717) is 16.5 Å². The van der Waals surface area contributed by atoms with E-state index in [-0.39, 0.29) is 5.69 Å². The normalized spacial score (nSPS) is 12.4. The topological polar surface area (TPSA) is 72.7 Å². The maximum atomic E-state index is 13.2. The van der Waals surface area contributed by atoms with Crippen LogP contribution >= 0.6 is 11.8 Å². The Hall–Kier alpha value is -3.66. The van der Waals surface area contributed by atoms with Gasteiger partial charge in [0.1, 0.15) is 5.25 Å². The average Bonchev–Trinajstić information content (AvgIpc) is 3.18. The summed E-state index contributed by atoms with van der Waals surface area (Å²) in [6.07, 6.45) is -1.21. The zero-order valence-electron chi connectivity index (χ0n) is 17.3. The molecule has 1 atom stereocenters. The van der Waals surface area contributed by atoms with Crippen molar-refractivity contribution in [2.75, 3.05) is 5.32 Å². The third kappa shape index (κ3) is 5.23. The number of nitrogens with zero attached hydrogens (tertiary/aromatic N) is 4. The maximum Gasteiger partial charge on any atom is 0.416 e. The molecule has 0 spiro atoms. The molecule has 6 nitrogen and oxygen atoms in total. The Morgan fingerprint density at radius 3 is 2.42 bits per heavy atom. The lowest BCUT2D eigenvalue weighted by molar-refractivity contribution is -0.137. The largest absolute Gasteiger partial charge is 0.416 e. The molecular formula is C23H18F3N5OS. The van der Waals surface area contributed by atoms with E-state index in [4.69, 9.17) is 0 Å². The van der Waals surface area contributed by atoms with Gasteiger partial charge in [0.2, 0.25) is 5.91 Å². The van der Waals surface area contributed by atoms with Gasteiger partial charge in [-0.15, -0.1) is 10.2 Å². The molecule has 168 valence electrons. The van der Waals surface area contributed by atoms with E-state index < -0.39 is 22.9 Å². The van der Waals surface area contributed by atoms with Gasteiger partial charge in [-0.3, -0.25) is 9.78 Å². The molecule has 0 fully saturated rings. The summed E-state index contributed by atoms with van der Waals surface area (Å²) in [6, 6.07) is 17.1. The number of rotatable bonds is 6. The molecule has 0 unspecified atom stereocenters. The van der Waals surface area contributed by atoms with E-state index in [1.807, 2.05) is 6.07 Å². The highest BCUT2D eigenvalue weighted by Gasteiger charge is 2.31. The molecule has 1 amide bonds. The van der Waals surface area contributed by atoms with Crippen molar-refractivity contribution in [2.24, 2.45) is 7.05 Å². The van der Waals surface area contributed by atoms with Crippen LogP contribution in [0.3, 0.4) is 0 Å². The Balaban J connectivity index is 1.62. The van der Waals surface area contributed by atoms with E-state index in [0.717, 1.165) is 29.5 Å². The van der Waals surface area contributed by atoms with Crippen LogP contribution in [0.4, 0.5) is 18.9 Å². The molecule has 0 radical (unpaired) electrons.